The smallest absolute Gasteiger partial charge is 0.205 e. The van der Waals surface area contributed by atoms with E-state index in [1.807, 2.05) is 20.8 Å². The van der Waals surface area contributed by atoms with Crippen molar-refractivity contribution in [2.75, 3.05) is 0 Å². The van der Waals surface area contributed by atoms with E-state index in [1.54, 1.807) is 22.7 Å². The van der Waals surface area contributed by atoms with Crippen LogP contribution in [0.15, 0.2) is 0 Å². The predicted molar refractivity (Wildman–Crippen MR) is 89.8 cm³/mol. The predicted octanol–water partition coefficient (Wildman–Crippen LogP) is 5.03. The third-order valence-corrected chi connectivity index (χ3v) is 7.51. The molecule has 3 aromatic heterocycles. The molecule has 0 unspecified atom stereocenters. The molecule has 0 saturated heterocycles. The van der Waals surface area contributed by atoms with Gasteiger partial charge in [-0.3, -0.25) is 9.59 Å². The minimum Gasteiger partial charge on any atom is -0.288 e. The van der Waals surface area contributed by atoms with Crippen LogP contribution in [0.4, 0.5) is 0 Å². The average Bonchev–Trinajstić information content (AvgIpc) is 3.01. The van der Waals surface area contributed by atoms with Gasteiger partial charge in [0.15, 0.2) is 5.78 Å². The second-order valence-corrected chi connectivity index (χ2v) is 9.23. The molecule has 21 heavy (non-hydrogen) atoms. The summed E-state index contributed by atoms with van der Waals surface area (Å²) in [7, 11) is 0. The summed E-state index contributed by atoms with van der Waals surface area (Å²) < 4.78 is 1.10. The van der Waals surface area contributed by atoms with Crippen LogP contribution in [0.25, 0.3) is 10.1 Å². The van der Waals surface area contributed by atoms with E-state index in [9.17, 15) is 9.59 Å². The summed E-state index contributed by atoms with van der Waals surface area (Å²) in [6.07, 6.45) is 0. The van der Waals surface area contributed by atoms with Crippen LogP contribution in [-0.4, -0.2) is 11.6 Å². The monoisotopic (exact) mass is 332 g/mol. The van der Waals surface area contributed by atoms with Crippen molar-refractivity contribution in [2.45, 2.75) is 27.7 Å². The van der Waals surface area contributed by atoms with E-state index < -0.39 is 0 Å². The molecule has 0 saturated carbocycles. The van der Waals surface area contributed by atoms with Crippen LogP contribution in [-0.2, 0) is 0 Å². The van der Waals surface area contributed by atoms with E-state index in [-0.39, 0.29) is 11.6 Å². The summed E-state index contributed by atoms with van der Waals surface area (Å²) >= 11 is 4.74. The number of carbonyl (C=O) groups is 2. The second kappa shape index (κ2) is 4.12. The molecular weight excluding hydrogens is 320 g/mol. The first kappa shape index (κ1) is 13.4. The zero-order valence-corrected chi connectivity index (χ0v) is 14.5. The summed E-state index contributed by atoms with van der Waals surface area (Å²) in [6, 6.07) is 0. The lowest BCUT2D eigenvalue weighted by atomic mass is 9.88. The van der Waals surface area contributed by atoms with Gasteiger partial charge < -0.3 is 0 Å². The van der Waals surface area contributed by atoms with Gasteiger partial charge in [0.1, 0.15) is 0 Å². The Labute approximate surface area is 134 Å². The highest BCUT2D eigenvalue weighted by atomic mass is 32.1. The van der Waals surface area contributed by atoms with E-state index >= 15 is 0 Å². The summed E-state index contributed by atoms with van der Waals surface area (Å²) in [4.78, 5) is 30.7. The molecule has 4 rings (SSSR count). The van der Waals surface area contributed by atoms with Gasteiger partial charge in [0.25, 0.3) is 0 Å². The number of aryl methyl sites for hydroxylation is 4. The van der Waals surface area contributed by atoms with E-state index in [0.717, 1.165) is 24.7 Å². The van der Waals surface area contributed by atoms with Crippen LogP contribution >= 0.6 is 34.0 Å². The van der Waals surface area contributed by atoms with Crippen molar-refractivity contribution in [1.29, 1.82) is 0 Å². The van der Waals surface area contributed by atoms with Crippen molar-refractivity contribution in [3.05, 3.63) is 41.1 Å². The first-order chi connectivity index (χ1) is 9.91. The zero-order valence-electron chi connectivity index (χ0n) is 12.0. The third kappa shape index (κ3) is 1.51. The molecule has 0 radical (unpaired) electrons. The molecule has 0 fully saturated rings. The van der Waals surface area contributed by atoms with E-state index in [2.05, 4.69) is 6.92 Å². The SMILES string of the molecule is Cc1sc(C)c2c1C(=O)c1sc3c(C)sc(C)c3c1C2=O. The van der Waals surface area contributed by atoms with Crippen molar-refractivity contribution in [1.82, 2.24) is 0 Å². The highest BCUT2D eigenvalue weighted by Gasteiger charge is 2.38. The van der Waals surface area contributed by atoms with Crippen LogP contribution in [0.2, 0.25) is 0 Å². The first-order valence-corrected chi connectivity index (χ1v) is 9.08. The Hall–Kier alpha value is -1.30. The second-order valence-electron chi connectivity index (χ2n) is 5.35. The zero-order chi connectivity index (χ0) is 15.0. The van der Waals surface area contributed by atoms with Gasteiger partial charge in [-0.05, 0) is 27.7 Å². The molecule has 0 spiro atoms. The number of fused-ring (bicyclic) bond motifs is 4. The topological polar surface area (TPSA) is 34.1 Å². The maximum Gasteiger partial charge on any atom is 0.205 e. The summed E-state index contributed by atoms with van der Waals surface area (Å²) in [5.41, 5.74) is 1.92. The van der Waals surface area contributed by atoms with Gasteiger partial charge in [-0.2, -0.15) is 0 Å². The fourth-order valence-corrected chi connectivity index (χ4v) is 6.71. The summed E-state index contributed by atoms with van der Waals surface area (Å²) in [5, 5.41) is 1.00. The van der Waals surface area contributed by atoms with Gasteiger partial charge in [0.05, 0.1) is 10.4 Å². The molecular formula is C16H12O2S3. The summed E-state index contributed by atoms with van der Waals surface area (Å²) in [5.74, 6) is 0.0695. The van der Waals surface area contributed by atoms with Gasteiger partial charge in [-0.25, -0.2) is 0 Å². The third-order valence-electron chi connectivity index (χ3n) is 4.03. The number of hydrogen-bond donors (Lipinski definition) is 0. The van der Waals surface area contributed by atoms with E-state index in [0.29, 0.717) is 21.6 Å². The quantitative estimate of drug-likeness (QED) is 0.452. The van der Waals surface area contributed by atoms with Crippen LogP contribution in [0.3, 0.4) is 0 Å². The fourth-order valence-electron chi connectivity index (χ4n) is 3.19. The van der Waals surface area contributed by atoms with Gasteiger partial charge in [-0.1, -0.05) is 0 Å². The average molecular weight is 332 g/mol. The molecule has 3 aromatic rings. The van der Waals surface area contributed by atoms with Crippen molar-refractivity contribution < 1.29 is 9.59 Å². The standard InChI is InChI=1S/C16H12O2S3/c1-5-9-10(6(2)19-5)14(18)16-12(13(9)17)11-7(3)20-8(4)15(11)21-16/h1-4H3. The fraction of sp³-hybridized carbons (Fsp3) is 0.250. The highest BCUT2D eigenvalue weighted by molar-refractivity contribution is 7.26. The summed E-state index contributed by atoms with van der Waals surface area (Å²) in [6.45, 7) is 7.95. The molecule has 0 aromatic carbocycles. The van der Waals surface area contributed by atoms with Crippen molar-refractivity contribution in [3.8, 4) is 0 Å². The molecule has 0 amide bonds. The Morgan fingerprint density at radius 2 is 1.19 bits per heavy atom. The number of rotatable bonds is 0. The Morgan fingerprint density at radius 1 is 0.619 bits per heavy atom. The lowest BCUT2D eigenvalue weighted by Crippen LogP contribution is -2.18. The molecule has 106 valence electrons. The van der Waals surface area contributed by atoms with Crippen LogP contribution in [0, 0.1) is 27.7 Å². The number of hydrogen-bond acceptors (Lipinski definition) is 5. The van der Waals surface area contributed by atoms with E-state index in [4.69, 9.17) is 0 Å². The molecule has 0 N–H and O–H groups in total. The lowest BCUT2D eigenvalue weighted by Gasteiger charge is -2.12. The van der Waals surface area contributed by atoms with Crippen molar-refractivity contribution >= 4 is 55.7 Å². The van der Waals surface area contributed by atoms with Crippen LogP contribution < -0.4 is 0 Å². The normalized spacial score (nSPS) is 13.9. The molecule has 0 aliphatic heterocycles. The van der Waals surface area contributed by atoms with Gasteiger partial charge in [-0.15, -0.1) is 34.0 Å². The Morgan fingerprint density at radius 3 is 1.86 bits per heavy atom. The van der Waals surface area contributed by atoms with Crippen molar-refractivity contribution in [3.63, 3.8) is 0 Å². The first-order valence-electron chi connectivity index (χ1n) is 6.63. The minimum absolute atomic E-state index is 0.0337. The Balaban J connectivity index is 2.16. The van der Waals surface area contributed by atoms with Gasteiger partial charge in [0, 0.05) is 40.7 Å². The van der Waals surface area contributed by atoms with Gasteiger partial charge >= 0.3 is 0 Å². The Kier molecular flexibility index (Phi) is 2.62. The molecule has 2 nitrogen and oxygen atoms in total. The molecule has 0 bridgehead atoms. The highest BCUT2D eigenvalue weighted by Crippen LogP contribution is 2.46. The molecule has 1 aliphatic rings. The van der Waals surface area contributed by atoms with Gasteiger partial charge in [0.2, 0.25) is 5.78 Å². The van der Waals surface area contributed by atoms with E-state index in [1.165, 1.54) is 16.2 Å². The number of thiophene rings is 3. The Bertz CT molecular complexity index is 966. The molecule has 3 heterocycles. The minimum atomic E-state index is 0.0337. The maximum atomic E-state index is 13.0. The number of carbonyl (C=O) groups excluding carboxylic acids is 2. The molecule has 5 heteroatoms. The van der Waals surface area contributed by atoms with Crippen molar-refractivity contribution in [2.24, 2.45) is 0 Å². The van der Waals surface area contributed by atoms with Crippen LogP contribution in [0.1, 0.15) is 50.7 Å². The molecule has 1 aliphatic carbocycles. The number of ketones is 2. The lowest BCUT2D eigenvalue weighted by molar-refractivity contribution is 0.0983. The molecule has 0 atom stereocenters. The maximum absolute atomic E-state index is 13.0. The van der Waals surface area contributed by atoms with Crippen LogP contribution in [0.5, 0.6) is 0 Å². The largest absolute Gasteiger partial charge is 0.288 e.